The largest absolute Gasteiger partial charge is 0.409 e. The van der Waals surface area contributed by atoms with Crippen molar-refractivity contribution in [3.05, 3.63) is 40.4 Å². The third-order valence-electron chi connectivity index (χ3n) is 3.00. The minimum absolute atomic E-state index is 0.0119. The Labute approximate surface area is 147 Å². The average Bonchev–Trinajstić information content (AvgIpc) is 3.02. The van der Waals surface area contributed by atoms with Crippen LogP contribution in [0, 0.1) is 5.82 Å². The number of nitrogens with one attached hydrogen (secondary N) is 2. The summed E-state index contributed by atoms with van der Waals surface area (Å²) in [4.78, 5) is 0. The fraction of sp³-hybridized carbons (Fsp3) is 0.308. The van der Waals surface area contributed by atoms with Gasteiger partial charge in [-0.2, -0.15) is 0 Å². The Morgan fingerprint density at radius 3 is 2.84 bits per heavy atom. The Bertz CT molecular complexity index is 871. The van der Waals surface area contributed by atoms with Gasteiger partial charge >= 0.3 is 0 Å². The molecule has 0 aliphatic carbocycles. The molecule has 1 heterocycles. The molecule has 25 heavy (non-hydrogen) atoms. The van der Waals surface area contributed by atoms with Crippen molar-refractivity contribution in [1.82, 2.24) is 15.0 Å². The van der Waals surface area contributed by atoms with Crippen LogP contribution in [-0.4, -0.2) is 35.5 Å². The number of oxime groups is 1. The predicted molar refractivity (Wildman–Crippen MR) is 88.6 cm³/mol. The highest BCUT2D eigenvalue weighted by molar-refractivity contribution is 7.89. The molecule has 12 heteroatoms. The number of sulfonamides is 1. The molecule has 9 nitrogen and oxygen atoms in total. The van der Waals surface area contributed by atoms with Crippen molar-refractivity contribution in [3.63, 3.8) is 0 Å². The Balaban J connectivity index is 2.16. The maximum atomic E-state index is 13.2. The van der Waals surface area contributed by atoms with Crippen LogP contribution in [-0.2, 0) is 16.6 Å². The summed E-state index contributed by atoms with van der Waals surface area (Å²) in [5, 5.41) is 22.0. The maximum Gasteiger partial charge on any atom is 0.211 e. The van der Waals surface area contributed by atoms with E-state index in [2.05, 4.69) is 30.1 Å². The standard InChI is InChI=1S/C13H15ClFN5O4S/c1-2-5-25(22,23)16-7-11-12(20-24-19-11)13(18-21)17-8-3-4-10(15)9(14)6-8/h3-4,6,16,21H,2,5,7H2,1H3,(H,17,18). The lowest BCUT2D eigenvalue weighted by Crippen LogP contribution is -2.27. The van der Waals surface area contributed by atoms with Gasteiger partial charge in [0.05, 0.1) is 17.3 Å². The van der Waals surface area contributed by atoms with Crippen molar-refractivity contribution in [3.8, 4) is 0 Å². The molecule has 0 saturated carbocycles. The summed E-state index contributed by atoms with van der Waals surface area (Å²) in [6, 6.07) is 3.77. The van der Waals surface area contributed by atoms with Crippen molar-refractivity contribution < 1.29 is 22.6 Å². The number of hydrogen-bond donors (Lipinski definition) is 3. The van der Waals surface area contributed by atoms with Crippen molar-refractivity contribution >= 4 is 33.1 Å². The topological polar surface area (TPSA) is 130 Å². The van der Waals surface area contributed by atoms with Crippen molar-refractivity contribution in [2.75, 3.05) is 11.1 Å². The van der Waals surface area contributed by atoms with E-state index in [4.69, 9.17) is 11.6 Å². The van der Waals surface area contributed by atoms with Crippen LogP contribution in [0.3, 0.4) is 0 Å². The number of amidine groups is 1. The first-order chi connectivity index (χ1) is 11.9. The number of benzene rings is 1. The summed E-state index contributed by atoms with van der Waals surface area (Å²) in [5.41, 5.74) is 0.412. The first-order valence-electron chi connectivity index (χ1n) is 7.09. The van der Waals surface area contributed by atoms with E-state index in [0.717, 1.165) is 6.07 Å². The molecule has 0 atom stereocenters. The Hall–Kier alpha value is -2.24. The van der Waals surface area contributed by atoms with Gasteiger partial charge in [0.1, 0.15) is 11.5 Å². The summed E-state index contributed by atoms with van der Waals surface area (Å²) in [7, 11) is -3.47. The van der Waals surface area contributed by atoms with Crippen molar-refractivity contribution in [2.45, 2.75) is 19.9 Å². The van der Waals surface area contributed by atoms with Gasteiger partial charge in [-0.25, -0.2) is 22.2 Å². The molecule has 2 aromatic rings. The first kappa shape index (κ1) is 19.1. The molecule has 2 rings (SSSR count). The van der Waals surface area contributed by atoms with Gasteiger partial charge in [0, 0.05) is 5.69 Å². The molecule has 3 N–H and O–H groups in total. The normalized spacial score (nSPS) is 12.4. The molecule has 1 aromatic heterocycles. The predicted octanol–water partition coefficient (Wildman–Crippen LogP) is 1.94. The molecule has 0 fully saturated rings. The smallest absolute Gasteiger partial charge is 0.211 e. The molecule has 0 amide bonds. The van der Waals surface area contributed by atoms with Crippen molar-refractivity contribution in [2.24, 2.45) is 5.16 Å². The Morgan fingerprint density at radius 2 is 2.20 bits per heavy atom. The number of nitrogens with zero attached hydrogens (tertiary/aromatic N) is 3. The van der Waals surface area contributed by atoms with Crippen LogP contribution >= 0.6 is 11.6 Å². The number of aromatic nitrogens is 2. The zero-order chi connectivity index (χ0) is 18.4. The first-order valence-corrected chi connectivity index (χ1v) is 9.12. The molecule has 0 unspecified atom stereocenters. The third-order valence-corrected chi connectivity index (χ3v) is 4.82. The van der Waals surface area contributed by atoms with Crippen LogP contribution in [0.2, 0.25) is 5.02 Å². The highest BCUT2D eigenvalue weighted by Crippen LogP contribution is 2.20. The molecule has 0 radical (unpaired) electrons. The van der Waals surface area contributed by atoms with E-state index in [0.29, 0.717) is 12.1 Å². The zero-order valence-electron chi connectivity index (χ0n) is 13.0. The van der Waals surface area contributed by atoms with Gasteiger partial charge in [0.2, 0.25) is 15.9 Å². The van der Waals surface area contributed by atoms with Gasteiger partial charge in [0.25, 0.3) is 0 Å². The van der Waals surface area contributed by atoms with E-state index in [-0.39, 0.29) is 34.5 Å². The molecular formula is C13H15ClFN5O4S. The Morgan fingerprint density at radius 1 is 1.44 bits per heavy atom. The van der Waals surface area contributed by atoms with E-state index in [1.54, 1.807) is 6.92 Å². The second kappa shape index (κ2) is 8.23. The van der Waals surface area contributed by atoms with Crippen LogP contribution in [0.4, 0.5) is 10.1 Å². The zero-order valence-corrected chi connectivity index (χ0v) is 14.6. The molecule has 0 aliphatic rings. The molecule has 1 aromatic carbocycles. The SMILES string of the molecule is CCCS(=O)(=O)NCc1nonc1/C(=N\O)Nc1ccc(F)c(Cl)c1. The molecule has 0 spiro atoms. The van der Waals surface area contributed by atoms with Gasteiger partial charge in [-0.15, -0.1) is 0 Å². The van der Waals surface area contributed by atoms with Crippen LogP contribution in [0.1, 0.15) is 24.7 Å². The van der Waals surface area contributed by atoms with Crippen LogP contribution in [0.15, 0.2) is 28.0 Å². The summed E-state index contributed by atoms with van der Waals surface area (Å²) < 4.78 is 43.5. The highest BCUT2D eigenvalue weighted by Gasteiger charge is 2.20. The number of anilines is 1. The van der Waals surface area contributed by atoms with E-state index in [9.17, 15) is 18.0 Å². The fourth-order valence-corrected chi connectivity index (χ4v) is 3.08. The lowest BCUT2D eigenvalue weighted by atomic mass is 10.2. The lowest BCUT2D eigenvalue weighted by molar-refractivity contribution is 0.300. The number of hydrogen-bond acceptors (Lipinski definition) is 7. The van der Waals surface area contributed by atoms with E-state index in [1.165, 1.54) is 12.1 Å². The summed E-state index contributed by atoms with van der Waals surface area (Å²) >= 11 is 5.69. The van der Waals surface area contributed by atoms with Gasteiger partial charge in [-0.1, -0.05) is 28.8 Å². The number of rotatable bonds is 7. The van der Waals surface area contributed by atoms with Gasteiger partial charge in [-0.05, 0) is 29.8 Å². The van der Waals surface area contributed by atoms with E-state index >= 15 is 0 Å². The van der Waals surface area contributed by atoms with Crippen LogP contribution < -0.4 is 10.0 Å². The second-order valence-electron chi connectivity index (χ2n) is 4.90. The van der Waals surface area contributed by atoms with E-state index < -0.39 is 15.8 Å². The van der Waals surface area contributed by atoms with Crippen LogP contribution in [0.5, 0.6) is 0 Å². The van der Waals surface area contributed by atoms with Gasteiger partial charge < -0.3 is 10.5 Å². The van der Waals surface area contributed by atoms with Gasteiger partial charge in [0.15, 0.2) is 5.69 Å². The Kier molecular flexibility index (Phi) is 6.28. The average molecular weight is 392 g/mol. The van der Waals surface area contributed by atoms with Gasteiger partial charge in [-0.3, -0.25) is 0 Å². The lowest BCUT2D eigenvalue weighted by Gasteiger charge is -2.08. The summed E-state index contributed by atoms with van der Waals surface area (Å²) in [6.45, 7) is 1.53. The molecular weight excluding hydrogens is 377 g/mol. The third kappa shape index (κ3) is 5.11. The highest BCUT2D eigenvalue weighted by atomic mass is 35.5. The van der Waals surface area contributed by atoms with E-state index in [1.807, 2.05) is 0 Å². The minimum atomic E-state index is -3.47. The molecule has 136 valence electrons. The fourth-order valence-electron chi connectivity index (χ4n) is 1.86. The second-order valence-corrected chi connectivity index (χ2v) is 7.24. The minimum Gasteiger partial charge on any atom is -0.409 e. The van der Waals surface area contributed by atoms with Crippen LogP contribution in [0.25, 0.3) is 0 Å². The monoisotopic (exact) mass is 391 g/mol. The molecule has 0 saturated heterocycles. The molecule has 0 bridgehead atoms. The summed E-state index contributed by atoms with van der Waals surface area (Å²) in [6.07, 6.45) is 0.454. The maximum absolute atomic E-state index is 13.2. The number of halogens is 2. The van der Waals surface area contributed by atoms with Crippen molar-refractivity contribution in [1.29, 1.82) is 0 Å². The molecule has 0 aliphatic heterocycles. The summed E-state index contributed by atoms with van der Waals surface area (Å²) in [5.74, 6) is -0.821. The quantitative estimate of drug-likeness (QED) is 0.284.